The molecule has 0 amide bonds. The van der Waals surface area contributed by atoms with Gasteiger partial charge in [0.25, 0.3) is 5.97 Å². The lowest BCUT2D eigenvalue weighted by Crippen LogP contribution is -1.81. The maximum absolute atomic E-state index is 12.1. The average molecular weight is 186 g/mol. The van der Waals surface area contributed by atoms with Crippen LogP contribution < -0.4 is 0 Å². The highest BCUT2D eigenvalue weighted by Gasteiger charge is 1.88. The summed E-state index contributed by atoms with van der Waals surface area (Å²) < 4.78 is 12.1. The summed E-state index contributed by atoms with van der Waals surface area (Å²) in [6.45, 7) is 1.06. The highest BCUT2D eigenvalue weighted by atomic mass is 19.1. The lowest BCUT2D eigenvalue weighted by Gasteiger charge is -1.91. The Bertz CT molecular complexity index is 252. The Morgan fingerprint density at radius 3 is 2.08 bits per heavy atom. The number of hydrogen-bond acceptors (Lipinski definition) is 2. The predicted molar refractivity (Wildman–Crippen MR) is 45.6 cm³/mol. The van der Waals surface area contributed by atoms with E-state index in [-0.39, 0.29) is 12.4 Å². The van der Waals surface area contributed by atoms with E-state index in [1.165, 1.54) is 12.1 Å². The van der Waals surface area contributed by atoms with Gasteiger partial charge in [-0.15, -0.1) is 0 Å². The molecule has 0 atom stereocenters. The molecule has 1 aromatic rings. The normalized spacial score (nSPS) is 8.54. The van der Waals surface area contributed by atoms with E-state index < -0.39 is 5.97 Å². The summed E-state index contributed by atoms with van der Waals surface area (Å²) in [6, 6.07) is 5.75. The first kappa shape index (κ1) is 11.6. The molecule has 0 spiro atoms. The lowest BCUT2D eigenvalue weighted by molar-refractivity contribution is -0.134. The van der Waals surface area contributed by atoms with Gasteiger partial charge in [-0.25, -0.2) is 4.39 Å². The molecular weight excluding hydrogens is 175 g/mol. The molecule has 2 N–H and O–H groups in total. The highest BCUT2D eigenvalue weighted by molar-refractivity contribution is 5.62. The molecule has 13 heavy (non-hydrogen) atoms. The molecule has 4 heteroatoms. The molecule has 0 aromatic heterocycles. The van der Waals surface area contributed by atoms with E-state index in [2.05, 4.69) is 0 Å². The Labute approximate surface area is 75.4 Å². The molecule has 0 bridgehead atoms. The molecule has 0 saturated heterocycles. The second-order valence-electron chi connectivity index (χ2n) is 2.30. The van der Waals surface area contributed by atoms with E-state index in [9.17, 15) is 4.39 Å². The summed E-state index contributed by atoms with van der Waals surface area (Å²) >= 11 is 0. The van der Waals surface area contributed by atoms with E-state index in [4.69, 9.17) is 15.0 Å². The monoisotopic (exact) mass is 186 g/mol. The van der Waals surface area contributed by atoms with Crippen molar-refractivity contribution in [1.29, 1.82) is 0 Å². The predicted octanol–water partition coefficient (Wildman–Crippen LogP) is 1.41. The molecule has 0 heterocycles. The molecule has 3 nitrogen and oxygen atoms in total. The largest absolute Gasteiger partial charge is 0.481 e. The summed E-state index contributed by atoms with van der Waals surface area (Å²) in [4.78, 5) is 9.00. The summed E-state index contributed by atoms with van der Waals surface area (Å²) in [7, 11) is 0. The van der Waals surface area contributed by atoms with E-state index in [1.807, 2.05) is 0 Å². The van der Waals surface area contributed by atoms with E-state index >= 15 is 0 Å². The average Bonchev–Trinajstić information content (AvgIpc) is 2.05. The highest BCUT2D eigenvalue weighted by Crippen LogP contribution is 2.00. The molecule has 1 rings (SSSR count). The number of carbonyl (C=O) groups is 1. The number of benzene rings is 1. The molecule has 0 fully saturated rings. The molecule has 0 aliphatic heterocycles. The van der Waals surface area contributed by atoms with Crippen LogP contribution in [0.1, 0.15) is 12.5 Å². The second kappa shape index (κ2) is 6.14. The standard InChI is InChI=1S/C7H7FO.C2H4O2/c8-7-3-1-6(5-9)2-4-7;1-2(3)4/h1-4,9H,5H2;1H3,(H,3,4). The fourth-order valence-electron chi connectivity index (χ4n) is 0.590. The molecule has 0 unspecified atom stereocenters. The van der Waals surface area contributed by atoms with Crippen LogP contribution in [0.5, 0.6) is 0 Å². The van der Waals surface area contributed by atoms with Gasteiger partial charge in [-0.3, -0.25) is 4.79 Å². The van der Waals surface area contributed by atoms with E-state index in [1.54, 1.807) is 12.1 Å². The third-order valence-corrected chi connectivity index (χ3v) is 1.10. The Hall–Kier alpha value is -1.42. The number of halogens is 1. The number of hydrogen-bond donors (Lipinski definition) is 2. The van der Waals surface area contributed by atoms with Crippen LogP contribution in [0.25, 0.3) is 0 Å². The Kier molecular flexibility index (Phi) is 5.47. The van der Waals surface area contributed by atoms with Crippen molar-refractivity contribution < 1.29 is 19.4 Å². The van der Waals surface area contributed by atoms with Crippen LogP contribution in [0.4, 0.5) is 4.39 Å². The third kappa shape index (κ3) is 6.96. The summed E-state index contributed by atoms with van der Waals surface area (Å²) in [5.41, 5.74) is 0.733. The van der Waals surface area contributed by atoms with Gasteiger partial charge >= 0.3 is 0 Å². The number of aliphatic hydroxyl groups is 1. The maximum Gasteiger partial charge on any atom is 0.300 e. The minimum Gasteiger partial charge on any atom is -0.481 e. The summed E-state index contributed by atoms with van der Waals surface area (Å²) in [6.07, 6.45) is 0. The van der Waals surface area contributed by atoms with Gasteiger partial charge in [0, 0.05) is 6.92 Å². The smallest absolute Gasteiger partial charge is 0.300 e. The van der Waals surface area contributed by atoms with Crippen molar-refractivity contribution in [2.45, 2.75) is 13.5 Å². The topological polar surface area (TPSA) is 57.5 Å². The number of rotatable bonds is 1. The molecule has 0 radical (unpaired) electrons. The van der Waals surface area contributed by atoms with E-state index in [0.29, 0.717) is 0 Å². The number of aliphatic carboxylic acids is 1. The van der Waals surface area contributed by atoms with Gasteiger partial charge in [0.2, 0.25) is 0 Å². The van der Waals surface area contributed by atoms with Crippen LogP contribution in [0.15, 0.2) is 24.3 Å². The molecule has 72 valence electrons. The maximum atomic E-state index is 12.1. The Morgan fingerprint density at radius 2 is 1.77 bits per heavy atom. The van der Waals surface area contributed by atoms with Crippen molar-refractivity contribution in [3.8, 4) is 0 Å². The van der Waals surface area contributed by atoms with Crippen LogP contribution in [0.3, 0.4) is 0 Å². The van der Waals surface area contributed by atoms with Crippen molar-refractivity contribution in [3.63, 3.8) is 0 Å². The minimum absolute atomic E-state index is 0.0275. The number of carboxylic acids is 1. The number of aliphatic hydroxyl groups excluding tert-OH is 1. The first-order valence-corrected chi connectivity index (χ1v) is 3.61. The van der Waals surface area contributed by atoms with Crippen LogP contribution in [0.2, 0.25) is 0 Å². The summed E-state index contributed by atoms with van der Waals surface area (Å²) in [5, 5.41) is 15.9. The summed E-state index contributed by atoms with van der Waals surface area (Å²) in [5.74, 6) is -1.10. The lowest BCUT2D eigenvalue weighted by atomic mass is 10.2. The van der Waals surface area contributed by atoms with Gasteiger partial charge in [-0.1, -0.05) is 12.1 Å². The fourth-order valence-corrected chi connectivity index (χ4v) is 0.590. The zero-order valence-corrected chi connectivity index (χ0v) is 7.20. The van der Waals surface area contributed by atoms with Crippen LogP contribution in [-0.4, -0.2) is 16.2 Å². The fraction of sp³-hybridized carbons (Fsp3) is 0.222. The van der Waals surface area contributed by atoms with Crippen LogP contribution >= 0.6 is 0 Å². The Balaban J connectivity index is 0.000000310. The van der Waals surface area contributed by atoms with Gasteiger partial charge in [0.1, 0.15) is 5.82 Å². The van der Waals surface area contributed by atoms with Crippen molar-refractivity contribution in [2.75, 3.05) is 0 Å². The van der Waals surface area contributed by atoms with Gasteiger partial charge in [0.05, 0.1) is 6.61 Å². The van der Waals surface area contributed by atoms with Crippen LogP contribution in [0, 0.1) is 5.82 Å². The first-order valence-electron chi connectivity index (χ1n) is 3.61. The molecule has 1 aromatic carbocycles. The zero-order chi connectivity index (χ0) is 10.3. The number of carboxylic acid groups (broad SMARTS) is 1. The minimum atomic E-state index is -0.833. The van der Waals surface area contributed by atoms with Crippen LogP contribution in [-0.2, 0) is 11.4 Å². The van der Waals surface area contributed by atoms with Gasteiger partial charge in [-0.2, -0.15) is 0 Å². The van der Waals surface area contributed by atoms with Gasteiger partial charge in [0.15, 0.2) is 0 Å². The van der Waals surface area contributed by atoms with Crippen molar-refractivity contribution >= 4 is 5.97 Å². The van der Waals surface area contributed by atoms with Crippen molar-refractivity contribution in [1.82, 2.24) is 0 Å². The zero-order valence-electron chi connectivity index (χ0n) is 7.20. The second-order valence-corrected chi connectivity index (χ2v) is 2.30. The van der Waals surface area contributed by atoms with Gasteiger partial charge in [-0.05, 0) is 17.7 Å². The third-order valence-electron chi connectivity index (χ3n) is 1.10. The van der Waals surface area contributed by atoms with Gasteiger partial charge < -0.3 is 10.2 Å². The molecule has 0 saturated carbocycles. The van der Waals surface area contributed by atoms with Crippen molar-refractivity contribution in [2.24, 2.45) is 0 Å². The van der Waals surface area contributed by atoms with Crippen molar-refractivity contribution in [3.05, 3.63) is 35.6 Å². The quantitative estimate of drug-likeness (QED) is 0.697. The molecule has 0 aliphatic rings. The molecule has 0 aliphatic carbocycles. The SMILES string of the molecule is CC(=O)O.OCc1ccc(F)cc1. The first-order chi connectivity index (χ1) is 6.06. The van der Waals surface area contributed by atoms with E-state index in [0.717, 1.165) is 12.5 Å². The Morgan fingerprint density at radius 1 is 1.38 bits per heavy atom. The molecular formula is C9H11FO3.